The Balaban J connectivity index is 2.17. The number of ether oxygens (including phenoxy) is 1. The Morgan fingerprint density at radius 3 is 2.95 bits per heavy atom. The number of aliphatic hydroxyl groups is 2. The lowest BCUT2D eigenvalue weighted by atomic mass is 10.2. The summed E-state index contributed by atoms with van der Waals surface area (Å²) in [7, 11) is 3.57. The van der Waals surface area contributed by atoms with Crippen molar-refractivity contribution >= 4 is 12.3 Å². The fraction of sp³-hybridized carbons (Fsp3) is 0.636. The number of hydrogen-bond acceptors (Lipinski definition) is 7. The third kappa shape index (κ3) is 3.18. The summed E-state index contributed by atoms with van der Waals surface area (Å²) in [5.74, 6) is 0.0530. The number of aliphatic hydroxyl groups excluding tert-OH is 2. The topological polar surface area (TPSA) is 113 Å². The Labute approximate surface area is 115 Å². The van der Waals surface area contributed by atoms with E-state index in [2.05, 4.69) is 15.0 Å². The van der Waals surface area contributed by atoms with E-state index in [9.17, 15) is 9.90 Å². The number of rotatable bonds is 4. The van der Waals surface area contributed by atoms with Crippen LogP contribution in [0.3, 0.4) is 0 Å². The van der Waals surface area contributed by atoms with E-state index in [0.717, 1.165) is 0 Å². The van der Waals surface area contributed by atoms with E-state index in [1.54, 1.807) is 19.0 Å². The maximum absolute atomic E-state index is 11.9. The molecule has 3 atom stereocenters. The standard InChI is InChI=1S/C11H17N5O4/c1-15(2)5-12-10-13-6-16(11(19)14-10)9-3-7(18)8(4-17)20-9/h5-9,17-18H,3-4H2,1-2H3/t7?,8-,9-/m1/s1. The third-order valence-electron chi connectivity index (χ3n) is 2.81. The van der Waals surface area contributed by atoms with E-state index in [1.165, 1.54) is 17.2 Å². The van der Waals surface area contributed by atoms with E-state index in [4.69, 9.17) is 9.84 Å². The number of aromatic nitrogens is 3. The molecule has 1 aromatic heterocycles. The van der Waals surface area contributed by atoms with E-state index in [-0.39, 0.29) is 19.0 Å². The predicted molar refractivity (Wildman–Crippen MR) is 69.8 cm³/mol. The number of aliphatic imine (C=N–C) groups is 1. The van der Waals surface area contributed by atoms with Gasteiger partial charge in [0.05, 0.1) is 19.0 Å². The van der Waals surface area contributed by atoms with Crippen molar-refractivity contribution in [2.24, 2.45) is 4.99 Å². The molecule has 2 heterocycles. The van der Waals surface area contributed by atoms with Crippen molar-refractivity contribution in [1.29, 1.82) is 0 Å². The summed E-state index contributed by atoms with van der Waals surface area (Å²) in [6.07, 6.45) is 0.767. The summed E-state index contributed by atoms with van der Waals surface area (Å²) in [5, 5.41) is 18.7. The average molecular weight is 283 g/mol. The van der Waals surface area contributed by atoms with Gasteiger partial charge in [0, 0.05) is 20.5 Å². The van der Waals surface area contributed by atoms with Gasteiger partial charge in [-0.15, -0.1) is 0 Å². The number of nitrogens with zero attached hydrogens (tertiary/aromatic N) is 5. The van der Waals surface area contributed by atoms with Gasteiger partial charge in [0.2, 0.25) is 0 Å². The molecule has 1 saturated heterocycles. The van der Waals surface area contributed by atoms with Crippen LogP contribution in [0.25, 0.3) is 0 Å². The molecule has 9 heteroatoms. The molecule has 1 aliphatic heterocycles. The lowest BCUT2D eigenvalue weighted by Crippen LogP contribution is -2.28. The highest BCUT2D eigenvalue weighted by Gasteiger charge is 2.35. The molecule has 0 bridgehead atoms. The normalized spacial score (nSPS) is 26.3. The van der Waals surface area contributed by atoms with Gasteiger partial charge in [0.1, 0.15) is 18.7 Å². The fourth-order valence-corrected chi connectivity index (χ4v) is 1.81. The van der Waals surface area contributed by atoms with Crippen molar-refractivity contribution in [3.8, 4) is 0 Å². The molecule has 2 N–H and O–H groups in total. The summed E-state index contributed by atoms with van der Waals surface area (Å²) in [6, 6.07) is 0. The van der Waals surface area contributed by atoms with Gasteiger partial charge in [-0.2, -0.15) is 4.98 Å². The van der Waals surface area contributed by atoms with Crippen LogP contribution in [0.4, 0.5) is 5.95 Å². The first-order valence-corrected chi connectivity index (χ1v) is 6.11. The second kappa shape index (κ2) is 6.07. The van der Waals surface area contributed by atoms with Crippen molar-refractivity contribution in [2.45, 2.75) is 24.9 Å². The molecular formula is C11H17N5O4. The first-order chi connectivity index (χ1) is 9.51. The average Bonchev–Trinajstić information content (AvgIpc) is 2.77. The second-order valence-corrected chi connectivity index (χ2v) is 4.67. The van der Waals surface area contributed by atoms with Crippen LogP contribution in [0.5, 0.6) is 0 Å². The van der Waals surface area contributed by atoms with Crippen LogP contribution < -0.4 is 5.69 Å². The molecule has 1 aliphatic rings. The van der Waals surface area contributed by atoms with Gasteiger partial charge in [-0.25, -0.2) is 14.8 Å². The van der Waals surface area contributed by atoms with Crippen LogP contribution in [0.2, 0.25) is 0 Å². The smallest absolute Gasteiger partial charge is 0.354 e. The van der Waals surface area contributed by atoms with E-state index >= 15 is 0 Å². The van der Waals surface area contributed by atoms with Crippen LogP contribution in [0, 0.1) is 0 Å². The summed E-state index contributed by atoms with van der Waals surface area (Å²) in [4.78, 5) is 25.1. The molecule has 20 heavy (non-hydrogen) atoms. The van der Waals surface area contributed by atoms with Gasteiger partial charge in [0.25, 0.3) is 5.95 Å². The largest absolute Gasteiger partial charge is 0.394 e. The van der Waals surface area contributed by atoms with Crippen molar-refractivity contribution in [3.63, 3.8) is 0 Å². The Bertz CT molecular complexity index is 544. The van der Waals surface area contributed by atoms with Crippen LogP contribution >= 0.6 is 0 Å². The minimum atomic E-state index is -0.816. The van der Waals surface area contributed by atoms with Crippen LogP contribution in [0.15, 0.2) is 16.1 Å². The first kappa shape index (κ1) is 14.6. The van der Waals surface area contributed by atoms with Gasteiger partial charge in [-0.05, 0) is 0 Å². The molecule has 0 radical (unpaired) electrons. The van der Waals surface area contributed by atoms with Crippen LogP contribution in [-0.4, -0.2) is 68.9 Å². The van der Waals surface area contributed by atoms with E-state index in [1.807, 2.05) is 0 Å². The van der Waals surface area contributed by atoms with Gasteiger partial charge in [-0.3, -0.25) is 4.57 Å². The number of hydrogen-bond donors (Lipinski definition) is 2. The van der Waals surface area contributed by atoms with Gasteiger partial charge in [-0.1, -0.05) is 0 Å². The Morgan fingerprint density at radius 2 is 2.40 bits per heavy atom. The molecule has 2 rings (SSSR count). The summed E-state index contributed by atoms with van der Waals surface area (Å²) >= 11 is 0. The lowest BCUT2D eigenvalue weighted by molar-refractivity contribution is -0.0462. The first-order valence-electron chi connectivity index (χ1n) is 6.11. The molecule has 110 valence electrons. The minimum Gasteiger partial charge on any atom is -0.394 e. The van der Waals surface area contributed by atoms with Gasteiger partial charge < -0.3 is 19.8 Å². The van der Waals surface area contributed by atoms with E-state index in [0.29, 0.717) is 0 Å². The quantitative estimate of drug-likeness (QED) is 0.510. The van der Waals surface area contributed by atoms with Crippen molar-refractivity contribution in [3.05, 3.63) is 16.8 Å². The fourth-order valence-electron chi connectivity index (χ4n) is 1.81. The van der Waals surface area contributed by atoms with Crippen LogP contribution in [-0.2, 0) is 4.74 Å². The predicted octanol–water partition coefficient (Wildman–Crippen LogP) is -1.50. The highest BCUT2D eigenvalue weighted by Crippen LogP contribution is 2.27. The monoisotopic (exact) mass is 283 g/mol. The Hall–Kier alpha value is -1.84. The van der Waals surface area contributed by atoms with Crippen molar-refractivity contribution < 1.29 is 14.9 Å². The molecule has 0 amide bonds. The maximum Gasteiger partial charge on any atom is 0.354 e. The highest BCUT2D eigenvalue weighted by molar-refractivity contribution is 5.57. The Kier molecular flexibility index (Phi) is 4.42. The van der Waals surface area contributed by atoms with Crippen molar-refractivity contribution in [1.82, 2.24) is 19.4 Å². The SMILES string of the molecule is CN(C)C=Nc1ncn([C@H]2CC(O)[C@@H](CO)O2)c(=O)n1. The van der Waals surface area contributed by atoms with Gasteiger partial charge >= 0.3 is 5.69 Å². The van der Waals surface area contributed by atoms with Crippen molar-refractivity contribution in [2.75, 3.05) is 20.7 Å². The molecule has 0 spiro atoms. The summed E-state index contributed by atoms with van der Waals surface area (Å²) in [6.45, 7) is -0.307. The van der Waals surface area contributed by atoms with E-state index < -0.39 is 24.1 Å². The molecular weight excluding hydrogens is 266 g/mol. The lowest BCUT2D eigenvalue weighted by Gasteiger charge is -2.13. The van der Waals surface area contributed by atoms with Gasteiger partial charge in [0.15, 0.2) is 0 Å². The zero-order valence-corrected chi connectivity index (χ0v) is 11.2. The molecule has 9 nitrogen and oxygen atoms in total. The summed E-state index contributed by atoms with van der Waals surface area (Å²) < 4.78 is 6.54. The molecule has 0 saturated carbocycles. The highest BCUT2D eigenvalue weighted by atomic mass is 16.5. The zero-order valence-electron chi connectivity index (χ0n) is 11.2. The molecule has 1 aromatic rings. The maximum atomic E-state index is 11.9. The Morgan fingerprint density at radius 1 is 1.65 bits per heavy atom. The minimum absolute atomic E-state index is 0.0530. The molecule has 0 aromatic carbocycles. The van der Waals surface area contributed by atoms with Crippen LogP contribution in [0.1, 0.15) is 12.6 Å². The zero-order chi connectivity index (χ0) is 14.7. The third-order valence-corrected chi connectivity index (χ3v) is 2.81. The molecule has 1 unspecified atom stereocenters. The second-order valence-electron chi connectivity index (χ2n) is 4.67. The molecule has 0 aliphatic carbocycles. The molecule has 1 fully saturated rings. The summed E-state index contributed by atoms with van der Waals surface area (Å²) in [5.41, 5.74) is -0.568.